The molecule has 2 aromatic rings. The molecule has 0 aliphatic carbocycles. The average Bonchev–Trinajstić information content (AvgIpc) is 2.58. The largest absolute Gasteiger partial charge is 0.375 e. The minimum atomic E-state index is -5.61. The first-order chi connectivity index (χ1) is 11.8. The molecule has 0 radical (unpaired) electrons. The van der Waals surface area contributed by atoms with E-state index in [0.717, 1.165) is 0 Å². The van der Waals surface area contributed by atoms with Gasteiger partial charge < -0.3 is 4.18 Å². The second-order valence-electron chi connectivity index (χ2n) is 4.34. The fourth-order valence-corrected chi connectivity index (χ4v) is 4.56. The predicted octanol–water partition coefficient (Wildman–Crippen LogP) is 6.37. The van der Waals surface area contributed by atoms with Gasteiger partial charge in [-0.3, -0.25) is 0 Å². The Kier molecular flexibility index (Phi) is 6.46. The van der Waals surface area contributed by atoms with Crippen molar-refractivity contribution in [3.63, 3.8) is 0 Å². The Bertz CT molecular complexity index is 990. The van der Waals surface area contributed by atoms with Gasteiger partial charge in [-0.1, -0.05) is 46.4 Å². The van der Waals surface area contributed by atoms with Gasteiger partial charge in [0, 0.05) is 0 Å². The number of benzene rings is 2. The molecule has 0 saturated heterocycles. The third kappa shape index (κ3) is 3.55. The van der Waals surface area contributed by atoms with Crippen molar-refractivity contribution in [1.29, 1.82) is 0 Å². The van der Waals surface area contributed by atoms with E-state index in [1.807, 2.05) is 0 Å². The van der Waals surface area contributed by atoms with E-state index in [-0.39, 0.29) is 13.6 Å². The van der Waals surface area contributed by atoms with Gasteiger partial charge in [-0.2, -0.15) is 8.42 Å². The van der Waals surface area contributed by atoms with Crippen molar-refractivity contribution < 1.29 is 34.6 Å². The summed E-state index contributed by atoms with van der Waals surface area (Å²) < 4.78 is 95.7. The number of hydrogen-bond acceptors (Lipinski definition) is 3. The lowest BCUT2D eigenvalue weighted by Gasteiger charge is -2.14. The van der Waals surface area contributed by atoms with Crippen LogP contribution in [0.15, 0.2) is 4.90 Å². The molecular weight excluding hydrogens is 588 g/mol. The molecule has 3 nitrogen and oxygen atoms in total. The first-order valence-corrected chi connectivity index (χ1v) is 9.80. The molecule has 26 heavy (non-hydrogen) atoms. The topological polar surface area (TPSA) is 43.4 Å². The zero-order chi connectivity index (χ0) is 20.1. The maximum Gasteiger partial charge on any atom is 0.345 e. The number of rotatable bonds is 3. The Labute approximate surface area is 176 Å². The highest BCUT2D eigenvalue weighted by Crippen LogP contribution is 2.47. The van der Waals surface area contributed by atoms with Crippen LogP contribution in [0.25, 0.3) is 0 Å². The normalized spacial score (nSPS) is 11.8. The van der Waals surface area contributed by atoms with E-state index in [1.54, 1.807) is 22.6 Å². The molecule has 0 aromatic heterocycles. The summed E-state index contributed by atoms with van der Waals surface area (Å²) in [6, 6.07) is 0. The van der Waals surface area contributed by atoms with E-state index in [0.29, 0.717) is 0 Å². The van der Waals surface area contributed by atoms with Crippen LogP contribution in [0.4, 0.5) is 22.0 Å². The van der Waals surface area contributed by atoms with Gasteiger partial charge in [0.15, 0.2) is 33.9 Å². The molecule has 0 aliphatic heterocycles. The van der Waals surface area contributed by atoms with E-state index in [2.05, 4.69) is 4.18 Å². The minimum Gasteiger partial charge on any atom is -0.375 e. The molecule has 0 heterocycles. The van der Waals surface area contributed by atoms with Crippen molar-refractivity contribution in [1.82, 2.24) is 0 Å². The van der Waals surface area contributed by atoms with Crippen LogP contribution in [0.3, 0.4) is 0 Å². The summed E-state index contributed by atoms with van der Waals surface area (Å²) in [5, 5.41) is -1.86. The van der Waals surface area contributed by atoms with Gasteiger partial charge in [0.05, 0.1) is 13.6 Å². The summed E-state index contributed by atoms with van der Waals surface area (Å²) in [5.74, 6) is -13.7. The quantitative estimate of drug-likeness (QED) is 0.138. The molecule has 142 valence electrons. The Balaban J connectivity index is 2.74. The van der Waals surface area contributed by atoms with Crippen LogP contribution in [0, 0.1) is 32.7 Å². The fourth-order valence-electron chi connectivity index (χ4n) is 1.61. The zero-order valence-corrected chi connectivity index (χ0v) is 17.4. The maximum atomic E-state index is 13.7. The molecule has 0 N–H and O–H groups in total. The highest BCUT2D eigenvalue weighted by Gasteiger charge is 2.36. The molecule has 0 unspecified atom stereocenters. The first-order valence-electron chi connectivity index (χ1n) is 5.80. The van der Waals surface area contributed by atoms with Gasteiger partial charge in [0.25, 0.3) is 0 Å². The Morgan fingerprint density at radius 1 is 0.692 bits per heavy atom. The van der Waals surface area contributed by atoms with Crippen molar-refractivity contribution >= 4 is 79.1 Å². The summed E-state index contributed by atoms with van der Waals surface area (Å²) in [7, 11) is -5.61. The van der Waals surface area contributed by atoms with Crippen molar-refractivity contribution in [3.8, 4) is 5.75 Å². The molecule has 0 aliphatic rings. The number of hydrogen-bond donors (Lipinski definition) is 0. The molecule has 2 aromatic carbocycles. The second kappa shape index (κ2) is 7.63. The van der Waals surface area contributed by atoms with Crippen LogP contribution >= 0.6 is 69.0 Å². The van der Waals surface area contributed by atoms with Crippen LogP contribution in [0.5, 0.6) is 5.75 Å². The van der Waals surface area contributed by atoms with Crippen LogP contribution in [-0.2, 0) is 10.1 Å². The highest BCUT2D eigenvalue weighted by atomic mass is 127. The molecule has 2 rings (SSSR count). The monoisotopic (exact) mass is 586 g/mol. The van der Waals surface area contributed by atoms with Crippen molar-refractivity contribution in [2.75, 3.05) is 0 Å². The molecule has 0 spiro atoms. The van der Waals surface area contributed by atoms with Gasteiger partial charge in [0.2, 0.25) is 5.82 Å². The summed E-state index contributed by atoms with van der Waals surface area (Å²) in [5.41, 5.74) is 0. The Morgan fingerprint density at radius 3 is 1.42 bits per heavy atom. The summed E-state index contributed by atoms with van der Waals surface area (Å²) in [4.78, 5) is -2.23. The van der Waals surface area contributed by atoms with E-state index in [1.165, 1.54) is 0 Å². The lowest BCUT2D eigenvalue weighted by molar-refractivity contribution is 0.352. The lowest BCUT2D eigenvalue weighted by Crippen LogP contribution is -2.18. The third-order valence-electron chi connectivity index (χ3n) is 2.78. The van der Waals surface area contributed by atoms with Crippen molar-refractivity contribution in [3.05, 3.63) is 52.7 Å². The van der Waals surface area contributed by atoms with Crippen LogP contribution in [0.1, 0.15) is 0 Å². The Hall–Kier alpha value is -0.270. The van der Waals surface area contributed by atoms with E-state index in [9.17, 15) is 30.4 Å². The van der Waals surface area contributed by atoms with Crippen molar-refractivity contribution in [2.24, 2.45) is 0 Å². The standard InChI is InChI=1S/C12Cl4F5IO3S/c13-1-3(15)11(4(16)2(14)10(1)22)25-26(23,24)12-8(20)6(18)5(17)7(19)9(12)21. The van der Waals surface area contributed by atoms with Gasteiger partial charge in [0.1, 0.15) is 10.0 Å². The molecule has 0 amide bonds. The van der Waals surface area contributed by atoms with Crippen LogP contribution in [0.2, 0.25) is 20.1 Å². The molecular formula is C12Cl4F5IO3S. The van der Waals surface area contributed by atoms with Gasteiger partial charge in [-0.05, 0) is 22.6 Å². The first kappa shape index (κ1) is 22.0. The van der Waals surface area contributed by atoms with E-state index >= 15 is 0 Å². The summed E-state index contributed by atoms with van der Waals surface area (Å²) in [6.07, 6.45) is 0. The predicted molar refractivity (Wildman–Crippen MR) is 93.2 cm³/mol. The third-order valence-corrected chi connectivity index (χ3v) is 7.41. The Morgan fingerprint density at radius 2 is 1.04 bits per heavy atom. The fraction of sp³-hybridized carbons (Fsp3) is 0. The SMILES string of the molecule is O=S(=O)(Oc1c(Cl)c(Cl)c(I)c(Cl)c1Cl)c1c(F)c(F)c(F)c(F)c1F. The smallest absolute Gasteiger partial charge is 0.345 e. The van der Waals surface area contributed by atoms with Gasteiger partial charge in [-0.25, -0.2) is 22.0 Å². The van der Waals surface area contributed by atoms with Crippen LogP contribution in [-0.4, -0.2) is 8.42 Å². The zero-order valence-electron chi connectivity index (χ0n) is 11.4. The second-order valence-corrected chi connectivity index (χ2v) is 8.41. The maximum absolute atomic E-state index is 13.7. The van der Waals surface area contributed by atoms with Gasteiger partial charge in [-0.15, -0.1) is 0 Å². The molecule has 14 heteroatoms. The summed E-state index contributed by atoms with van der Waals surface area (Å²) in [6.45, 7) is 0. The van der Waals surface area contributed by atoms with Crippen LogP contribution < -0.4 is 4.18 Å². The molecule has 0 fully saturated rings. The molecule has 0 atom stereocenters. The highest BCUT2D eigenvalue weighted by molar-refractivity contribution is 14.1. The molecule has 0 saturated carbocycles. The summed E-state index contributed by atoms with van der Waals surface area (Å²) >= 11 is 24.7. The molecule has 0 bridgehead atoms. The van der Waals surface area contributed by atoms with Gasteiger partial charge >= 0.3 is 10.1 Å². The minimum absolute atomic E-state index is 0.0990. The number of halogens is 10. The average molecular weight is 588 g/mol. The van der Waals surface area contributed by atoms with E-state index < -0.39 is 59.9 Å². The van der Waals surface area contributed by atoms with Crippen molar-refractivity contribution in [2.45, 2.75) is 4.90 Å². The lowest BCUT2D eigenvalue weighted by atomic mass is 10.3. The van der Waals surface area contributed by atoms with E-state index in [4.69, 9.17) is 46.4 Å².